The summed E-state index contributed by atoms with van der Waals surface area (Å²) in [4.78, 5) is 29.8. The van der Waals surface area contributed by atoms with Crippen LogP contribution in [0.3, 0.4) is 0 Å². The number of carboxylic acid groups (broad SMARTS) is 1. The van der Waals surface area contributed by atoms with E-state index in [1.165, 1.54) is 16.7 Å². The van der Waals surface area contributed by atoms with Gasteiger partial charge in [-0.05, 0) is 24.3 Å². The summed E-state index contributed by atoms with van der Waals surface area (Å²) in [5, 5.41) is 12.3. The lowest BCUT2D eigenvalue weighted by atomic mass is 10.1. The molecule has 8 nitrogen and oxygen atoms in total. The number of hydrogen-bond donors (Lipinski definition) is 3. The van der Waals surface area contributed by atoms with Crippen molar-refractivity contribution in [2.75, 3.05) is 24.5 Å². The number of carboxylic acids is 1. The molecule has 3 aromatic rings. The lowest BCUT2D eigenvalue weighted by molar-refractivity contribution is 0.0695. The molecule has 0 bridgehead atoms. The molecular weight excluding hydrogens is 420 g/mol. The predicted molar refractivity (Wildman–Crippen MR) is 110 cm³/mol. The molecular formula is C19H18ClF2N5O3. The fourth-order valence-electron chi connectivity index (χ4n) is 3.43. The Bertz CT molecular complexity index is 1170. The molecule has 30 heavy (non-hydrogen) atoms. The van der Waals surface area contributed by atoms with Gasteiger partial charge in [0.05, 0.1) is 29.0 Å². The average Bonchev–Trinajstić information content (AvgIpc) is 2.69. The smallest absolute Gasteiger partial charge is 0.341 e. The first kappa shape index (κ1) is 21.6. The maximum atomic E-state index is 14.9. The molecule has 158 valence electrons. The van der Waals surface area contributed by atoms with Crippen LogP contribution < -0.4 is 21.4 Å². The van der Waals surface area contributed by atoms with Crippen molar-refractivity contribution >= 4 is 35.0 Å². The van der Waals surface area contributed by atoms with Crippen molar-refractivity contribution in [2.24, 2.45) is 5.73 Å². The number of rotatable bonds is 3. The molecule has 0 saturated carbocycles. The van der Waals surface area contributed by atoms with E-state index in [-0.39, 0.29) is 41.0 Å². The minimum Gasteiger partial charge on any atom is -0.477 e. The fourth-order valence-corrected chi connectivity index (χ4v) is 3.43. The zero-order valence-electron chi connectivity index (χ0n) is 15.5. The van der Waals surface area contributed by atoms with E-state index in [0.29, 0.717) is 19.6 Å². The number of benzene rings is 1. The molecule has 3 heterocycles. The first-order valence-corrected chi connectivity index (χ1v) is 8.83. The van der Waals surface area contributed by atoms with Gasteiger partial charge in [0.1, 0.15) is 23.0 Å². The number of hydrogen-bond acceptors (Lipinski definition) is 6. The Balaban J connectivity index is 0.00000256. The van der Waals surface area contributed by atoms with Crippen molar-refractivity contribution in [1.29, 1.82) is 0 Å². The SMILES string of the molecule is Cl.NC1CN(c2cc3c(cc2F)c(=O)c(C(=O)O)cn3-c2ccc(F)cn2)CCN1. The molecule has 1 aliphatic heterocycles. The maximum absolute atomic E-state index is 14.9. The van der Waals surface area contributed by atoms with E-state index in [2.05, 4.69) is 10.3 Å². The Morgan fingerprint density at radius 3 is 2.70 bits per heavy atom. The average molecular weight is 438 g/mol. The Hall–Kier alpha value is -3.08. The number of fused-ring (bicyclic) bond motifs is 1. The van der Waals surface area contributed by atoms with Crippen molar-refractivity contribution < 1.29 is 18.7 Å². The minimum atomic E-state index is -1.45. The molecule has 1 aromatic carbocycles. The standard InChI is InChI=1S/C19H17F2N5O3.ClH/c20-10-1-2-17(24-7-10)26-8-12(19(28)29)18(27)11-5-13(21)15(6-14(11)26)25-4-3-23-16(22)9-25;/h1-2,5-8,16,23H,3-4,9,22H2,(H,28,29);1H. The zero-order chi connectivity index (χ0) is 20.7. The van der Waals surface area contributed by atoms with Crippen LogP contribution in [0, 0.1) is 11.6 Å². The van der Waals surface area contributed by atoms with Gasteiger partial charge in [-0.2, -0.15) is 0 Å². The van der Waals surface area contributed by atoms with E-state index in [1.807, 2.05) is 0 Å². The number of carbonyl (C=O) groups is 1. The summed E-state index contributed by atoms with van der Waals surface area (Å²) >= 11 is 0. The number of piperazine rings is 1. The van der Waals surface area contributed by atoms with Crippen LogP contribution in [-0.4, -0.2) is 46.4 Å². The van der Waals surface area contributed by atoms with Crippen LogP contribution >= 0.6 is 12.4 Å². The Morgan fingerprint density at radius 1 is 1.30 bits per heavy atom. The molecule has 1 aliphatic rings. The molecule has 1 fully saturated rings. The van der Waals surface area contributed by atoms with Crippen molar-refractivity contribution in [2.45, 2.75) is 6.17 Å². The molecule has 0 spiro atoms. The van der Waals surface area contributed by atoms with Gasteiger partial charge in [0.25, 0.3) is 0 Å². The lowest BCUT2D eigenvalue weighted by Crippen LogP contribution is -2.55. The van der Waals surface area contributed by atoms with Gasteiger partial charge in [0.15, 0.2) is 0 Å². The van der Waals surface area contributed by atoms with E-state index in [1.54, 1.807) is 4.90 Å². The van der Waals surface area contributed by atoms with Crippen LogP contribution in [0.4, 0.5) is 14.5 Å². The van der Waals surface area contributed by atoms with E-state index in [4.69, 9.17) is 5.73 Å². The van der Waals surface area contributed by atoms with Crippen LogP contribution in [0.25, 0.3) is 16.7 Å². The highest BCUT2D eigenvalue weighted by Crippen LogP contribution is 2.27. The number of aromatic nitrogens is 2. The summed E-state index contributed by atoms with van der Waals surface area (Å²) in [6.45, 7) is 1.42. The van der Waals surface area contributed by atoms with Crippen molar-refractivity contribution in [3.8, 4) is 5.82 Å². The van der Waals surface area contributed by atoms with Crippen LogP contribution in [0.5, 0.6) is 0 Å². The summed E-state index contributed by atoms with van der Waals surface area (Å²) in [7, 11) is 0. The highest BCUT2D eigenvalue weighted by Gasteiger charge is 2.23. The molecule has 1 unspecified atom stereocenters. The van der Waals surface area contributed by atoms with Gasteiger partial charge in [0, 0.05) is 25.8 Å². The molecule has 11 heteroatoms. The second-order valence-electron chi connectivity index (χ2n) is 6.71. The summed E-state index contributed by atoms with van der Waals surface area (Å²) < 4.78 is 29.5. The van der Waals surface area contributed by atoms with E-state index in [0.717, 1.165) is 24.5 Å². The van der Waals surface area contributed by atoms with Gasteiger partial charge in [-0.1, -0.05) is 0 Å². The first-order chi connectivity index (χ1) is 13.8. The highest BCUT2D eigenvalue weighted by atomic mass is 35.5. The van der Waals surface area contributed by atoms with E-state index in [9.17, 15) is 23.5 Å². The number of halogens is 3. The number of nitrogens with one attached hydrogen (secondary N) is 1. The third-order valence-electron chi connectivity index (χ3n) is 4.81. The number of nitrogens with zero attached hydrogens (tertiary/aromatic N) is 3. The van der Waals surface area contributed by atoms with Gasteiger partial charge in [0.2, 0.25) is 5.43 Å². The van der Waals surface area contributed by atoms with E-state index < -0.39 is 28.6 Å². The topological polar surface area (TPSA) is 113 Å². The van der Waals surface area contributed by atoms with Crippen molar-refractivity contribution in [3.63, 3.8) is 0 Å². The highest BCUT2D eigenvalue weighted by molar-refractivity contribution is 5.94. The van der Waals surface area contributed by atoms with Crippen molar-refractivity contribution in [1.82, 2.24) is 14.9 Å². The largest absolute Gasteiger partial charge is 0.477 e. The van der Waals surface area contributed by atoms with Crippen LogP contribution in [0.15, 0.2) is 41.5 Å². The zero-order valence-corrected chi connectivity index (χ0v) is 16.3. The second kappa shape index (κ2) is 8.34. The normalized spacial score (nSPS) is 16.4. The Morgan fingerprint density at radius 2 is 2.07 bits per heavy atom. The number of nitrogens with two attached hydrogens (primary N) is 1. The van der Waals surface area contributed by atoms with Crippen LogP contribution in [-0.2, 0) is 0 Å². The first-order valence-electron chi connectivity index (χ1n) is 8.83. The summed E-state index contributed by atoms with van der Waals surface area (Å²) in [6.07, 6.45) is 1.74. The third kappa shape index (κ3) is 3.84. The van der Waals surface area contributed by atoms with E-state index >= 15 is 0 Å². The maximum Gasteiger partial charge on any atom is 0.341 e. The third-order valence-corrected chi connectivity index (χ3v) is 4.81. The summed E-state index contributed by atoms with van der Waals surface area (Å²) in [5.74, 6) is -2.50. The molecule has 2 aromatic heterocycles. The molecule has 1 saturated heterocycles. The number of aromatic carboxylic acids is 1. The molecule has 0 radical (unpaired) electrons. The van der Waals surface area contributed by atoms with Gasteiger partial charge in [-0.3, -0.25) is 10.1 Å². The summed E-state index contributed by atoms with van der Waals surface area (Å²) in [6, 6.07) is 4.98. The van der Waals surface area contributed by atoms with Gasteiger partial charge in [-0.25, -0.2) is 18.6 Å². The van der Waals surface area contributed by atoms with Gasteiger partial charge < -0.3 is 20.3 Å². The number of anilines is 1. The summed E-state index contributed by atoms with van der Waals surface area (Å²) in [5.41, 5.74) is 5.02. The van der Waals surface area contributed by atoms with Crippen LogP contribution in [0.1, 0.15) is 10.4 Å². The van der Waals surface area contributed by atoms with Gasteiger partial charge >= 0.3 is 5.97 Å². The number of pyridine rings is 2. The fraction of sp³-hybridized carbons (Fsp3) is 0.211. The molecule has 0 aliphatic carbocycles. The molecule has 1 atom stereocenters. The minimum absolute atomic E-state index is 0. The second-order valence-corrected chi connectivity index (χ2v) is 6.71. The van der Waals surface area contributed by atoms with Gasteiger partial charge in [-0.15, -0.1) is 12.4 Å². The lowest BCUT2D eigenvalue weighted by Gasteiger charge is -2.33. The predicted octanol–water partition coefficient (Wildman–Crippen LogP) is 1.48. The monoisotopic (exact) mass is 437 g/mol. The molecule has 4 N–H and O–H groups in total. The van der Waals surface area contributed by atoms with Crippen molar-refractivity contribution in [3.05, 3.63) is 64.1 Å². The Kier molecular flexibility index (Phi) is 6.01. The molecule has 0 amide bonds. The Labute approximate surface area is 175 Å². The van der Waals surface area contributed by atoms with Crippen LogP contribution in [0.2, 0.25) is 0 Å². The quantitative estimate of drug-likeness (QED) is 0.568. The molecule has 4 rings (SSSR count).